The van der Waals surface area contributed by atoms with Crippen LogP contribution in [0.1, 0.15) is 10.5 Å². The third kappa shape index (κ3) is 3.05. The van der Waals surface area contributed by atoms with E-state index in [-0.39, 0.29) is 24.8 Å². The fraction of sp³-hybridized carbons (Fsp3) is 0.154. The molecule has 1 aromatic heterocycles. The monoisotopic (exact) mass is 259 g/mol. The van der Waals surface area contributed by atoms with E-state index in [0.29, 0.717) is 5.69 Å². The number of anilines is 1. The lowest BCUT2D eigenvalue weighted by molar-refractivity contribution is 0.0975. The molecule has 0 spiro atoms. The largest absolute Gasteiger partial charge is 0.395 e. The zero-order chi connectivity index (χ0) is 13.7. The molecule has 0 saturated carbocycles. The first-order valence-corrected chi connectivity index (χ1v) is 5.75. The van der Waals surface area contributed by atoms with Crippen LogP contribution in [0.25, 0.3) is 0 Å². The molecular formula is C13H13N3O3. The molecule has 0 radical (unpaired) electrons. The number of H-pyrrole nitrogens is 1. The molecule has 2 aromatic rings. The molecule has 6 heteroatoms. The number of rotatable bonds is 4. The Morgan fingerprint density at radius 3 is 2.63 bits per heavy atom. The van der Waals surface area contributed by atoms with Crippen molar-refractivity contribution < 1.29 is 9.90 Å². The fourth-order valence-electron chi connectivity index (χ4n) is 1.69. The highest BCUT2D eigenvalue weighted by atomic mass is 16.3. The molecule has 1 aromatic carbocycles. The van der Waals surface area contributed by atoms with E-state index in [9.17, 15) is 9.59 Å². The van der Waals surface area contributed by atoms with Crippen LogP contribution < -0.4 is 10.6 Å². The van der Waals surface area contributed by atoms with Crippen LogP contribution in [0.4, 0.5) is 5.69 Å². The third-order valence-electron chi connectivity index (χ3n) is 2.54. The van der Waals surface area contributed by atoms with Crippen LogP contribution in [0.3, 0.4) is 0 Å². The van der Waals surface area contributed by atoms with Crippen molar-refractivity contribution >= 4 is 11.6 Å². The smallest absolute Gasteiger partial charge is 0.345 e. The summed E-state index contributed by atoms with van der Waals surface area (Å²) < 4.78 is 0. The normalized spacial score (nSPS) is 10.2. The number of aromatic amines is 1. The molecule has 1 heterocycles. The summed E-state index contributed by atoms with van der Waals surface area (Å²) in [6.07, 6.45) is 1.27. The minimum absolute atomic E-state index is 0.136. The van der Waals surface area contributed by atoms with Crippen LogP contribution >= 0.6 is 0 Å². The van der Waals surface area contributed by atoms with Gasteiger partial charge in [-0.1, -0.05) is 18.2 Å². The van der Waals surface area contributed by atoms with Gasteiger partial charge in [0.25, 0.3) is 5.91 Å². The number of aliphatic hydroxyl groups excluding tert-OH is 1. The number of aromatic nitrogens is 2. The second-order valence-corrected chi connectivity index (χ2v) is 3.80. The number of amides is 1. The van der Waals surface area contributed by atoms with Crippen molar-refractivity contribution in [2.75, 3.05) is 18.1 Å². The average molecular weight is 259 g/mol. The molecule has 0 aliphatic heterocycles. The predicted molar refractivity (Wildman–Crippen MR) is 70.1 cm³/mol. The summed E-state index contributed by atoms with van der Waals surface area (Å²) in [4.78, 5) is 30.7. The Bertz CT molecular complexity index is 610. The Morgan fingerprint density at radius 2 is 2.00 bits per heavy atom. The van der Waals surface area contributed by atoms with Crippen LogP contribution in [0.5, 0.6) is 0 Å². The highest BCUT2D eigenvalue weighted by Crippen LogP contribution is 2.15. The predicted octanol–water partition coefficient (Wildman–Crippen LogP) is 0.409. The van der Waals surface area contributed by atoms with E-state index in [4.69, 9.17) is 5.11 Å². The molecule has 1 amide bonds. The van der Waals surface area contributed by atoms with Crippen molar-refractivity contribution in [2.24, 2.45) is 0 Å². The highest BCUT2D eigenvalue weighted by Gasteiger charge is 2.17. The van der Waals surface area contributed by atoms with Gasteiger partial charge in [0, 0.05) is 18.4 Å². The summed E-state index contributed by atoms with van der Waals surface area (Å²) >= 11 is 0. The van der Waals surface area contributed by atoms with Gasteiger partial charge in [-0.25, -0.2) is 9.78 Å². The number of hydrogen-bond donors (Lipinski definition) is 2. The van der Waals surface area contributed by atoms with Crippen LogP contribution in [0.2, 0.25) is 0 Å². The molecule has 0 atom stereocenters. The summed E-state index contributed by atoms with van der Waals surface area (Å²) in [6.45, 7) is -0.0247. The Hall–Kier alpha value is -2.47. The summed E-state index contributed by atoms with van der Waals surface area (Å²) in [5.41, 5.74) is 0.208. The lowest BCUT2D eigenvalue weighted by atomic mass is 10.2. The van der Waals surface area contributed by atoms with Gasteiger partial charge in [-0.3, -0.25) is 4.79 Å². The molecule has 0 unspecified atom stereocenters. The van der Waals surface area contributed by atoms with Gasteiger partial charge in [0.1, 0.15) is 5.69 Å². The van der Waals surface area contributed by atoms with E-state index >= 15 is 0 Å². The van der Waals surface area contributed by atoms with E-state index in [2.05, 4.69) is 9.97 Å². The Balaban J connectivity index is 2.34. The van der Waals surface area contributed by atoms with Gasteiger partial charge in [-0.15, -0.1) is 0 Å². The first-order chi connectivity index (χ1) is 9.22. The molecule has 0 saturated heterocycles. The zero-order valence-corrected chi connectivity index (χ0v) is 10.1. The number of nitrogens with one attached hydrogen (secondary N) is 1. The number of benzene rings is 1. The maximum Gasteiger partial charge on any atom is 0.345 e. The Kier molecular flexibility index (Phi) is 4.04. The second-order valence-electron chi connectivity index (χ2n) is 3.80. The van der Waals surface area contributed by atoms with Gasteiger partial charge in [-0.05, 0) is 18.2 Å². The summed E-state index contributed by atoms with van der Waals surface area (Å²) in [7, 11) is 0. The van der Waals surface area contributed by atoms with E-state index in [0.717, 1.165) is 0 Å². The van der Waals surface area contributed by atoms with Crippen LogP contribution in [-0.2, 0) is 0 Å². The molecular weight excluding hydrogens is 246 g/mol. The molecule has 19 heavy (non-hydrogen) atoms. The number of carbonyl (C=O) groups excluding carboxylic acids is 1. The number of para-hydroxylation sites is 1. The van der Waals surface area contributed by atoms with Crippen LogP contribution in [-0.4, -0.2) is 34.1 Å². The van der Waals surface area contributed by atoms with Crippen molar-refractivity contribution in [2.45, 2.75) is 0 Å². The minimum Gasteiger partial charge on any atom is -0.395 e. The van der Waals surface area contributed by atoms with E-state index < -0.39 is 5.69 Å². The fourth-order valence-corrected chi connectivity index (χ4v) is 1.69. The average Bonchev–Trinajstić information content (AvgIpc) is 2.45. The summed E-state index contributed by atoms with van der Waals surface area (Å²) in [5.74, 6) is -0.389. The van der Waals surface area contributed by atoms with Crippen LogP contribution in [0, 0.1) is 0 Å². The number of aliphatic hydroxyl groups is 1. The van der Waals surface area contributed by atoms with Gasteiger partial charge < -0.3 is 15.0 Å². The summed E-state index contributed by atoms with van der Waals surface area (Å²) in [5, 5.41) is 9.07. The van der Waals surface area contributed by atoms with Crippen LogP contribution in [0.15, 0.2) is 47.4 Å². The second kappa shape index (κ2) is 5.92. The molecule has 0 aliphatic rings. The first kappa shape index (κ1) is 13.0. The zero-order valence-electron chi connectivity index (χ0n) is 10.1. The SMILES string of the molecule is O=C(c1ccnc(=O)[nH]1)N(CCO)c1ccccc1. The molecule has 0 bridgehead atoms. The topological polar surface area (TPSA) is 86.3 Å². The summed E-state index contributed by atoms with van der Waals surface area (Å²) in [6, 6.07) is 10.4. The molecule has 6 nitrogen and oxygen atoms in total. The van der Waals surface area contributed by atoms with Crippen molar-refractivity contribution in [3.05, 3.63) is 58.8 Å². The Morgan fingerprint density at radius 1 is 1.26 bits per heavy atom. The molecule has 0 fully saturated rings. The van der Waals surface area contributed by atoms with E-state index in [1.165, 1.54) is 17.2 Å². The number of hydrogen-bond acceptors (Lipinski definition) is 4. The lowest BCUT2D eigenvalue weighted by Gasteiger charge is -2.21. The maximum absolute atomic E-state index is 12.3. The van der Waals surface area contributed by atoms with Crippen molar-refractivity contribution in [3.63, 3.8) is 0 Å². The van der Waals surface area contributed by atoms with Crippen molar-refractivity contribution in [1.82, 2.24) is 9.97 Å². The van der Waals surface area contributed by atoms with Gasteiger partial charge in [0.15, 0.2) is 0 Å². The Labute approximate surface area is 109 Å². The quantitative estimate of drug-likeness (QED) is 0.832. The maximum atomic E-state index is 12.3. The van der Waals surface area contributed by atoms with Crippen molar-refractivity contribution in [3.8, 4) is 0 Å². The highest BCUT2D eigenvalue weighted by molar-refractivity contribution is 6.04. The van der Waals surface area contributed by atoms with Gasteiger partial charge in [0.05, 0.1) is 6.61 Å². The molecule has 98 valence electrons. The molecule has 2 rings (SSSR count). The van der Waals surface area contributed by atoms with Gasteiger partial charge >= 0.3 is 5.69 Å². The van der Waals surface area contributed by atoms with E-state index in [1.54, 1.807) is 24.3 Å². The van der Waals surface area contributed by atoms with Gasteiger partial charge in [-0.2, -0.15) is 0 Å². The van der Waals surface area contributed by atoms with Gasteiger partial charge in [0.2, 0.25) is 0 Å². The number of nitrogens with zero attached hydrogens (tertiary/aromatic N) is 2. The lowest BCUT2D eigenvalue weighted by Crippen LogP contribution is -2.35. The first-order valence-electron chi connectivity index (χ1n) is 5.75. The van der Waals surface area contributed by atoms with Crippen molar-refractivity contribution in [1.29, 1.82) is 0 Å². The number of carbonyl (C=O) groups is 1. The van der Waals surface area contributed by atoms with E-state index in [1.807, 2.05) is 6.07 Å². The minimum atomic E-state index is -0.581. The molecule has 0 aliphatic carbocycles. The third-order valence-corrected chi connectivity index (χ3v) is 2.54. The molecule has 2 N–H and O–H groups in total. The standard InChI is InChI=1S/C13H13N3O3/c17-9-8-16(10-4-2-1-3-5-10)12(18)11-6-7-14-13(19)15-11/h1-7,17H,8-9H2,(H,14,15,19).